The van der Waals surface area contributed by atoms with Crippen molar-refractivity contribution < 1.29 is 91.6 Å². The monoisotopic (exact) mass is 1830 g/mol. The number of Topliss-reactive ketones (excluding diaryl/α,β-unsaturated/α-hetero) is 2. The van der Waals surface area contributed by atoms with Gasteiger partial charge in [-0.15, -0.1) is 0 Å². The number of β-amino-alcohol motifs (C(OH)–C–C–N with tert-alkyl or cyclic N) is 1. The average Bonchev–Trinajstić information content (AvgIpc) is 1.62. The summed E-state index contributed by atoms with van der Waals surface area (Å²) in [4.78, 5) is 71.4. The van der Waals surface area contributed by atoms with Crippen LogP contribution in [0.2, 0.25) is 0 Å². The Hall–Kier alpha value is -12.9. The van der Waals surface area contributed by atoms with E-state index in [9.17, 15) is 54.6 Å². The molecular weight excluding hydrogens is 1720 g/mol. The number of nitrogens with one attached hydrogen (secondary N) is 3. The lowest BCUT2D eigenvalue weighted by molar-refractivity contribution is -0.121. The van der Waals surface area contributed by atoms with Crippen LogP contribution in [-0.2, 0) is 90.3 Å². The number of aliphatic hydroxyl groups is 2. The number of rotatable bonds is 28. The normalized spacial score (nSPS) is 17.7. The summed E-state index contributed by atoms with van der Waals surface area (Å²) in [6, 6.07) is 77.8. The SMILES string of the molecule is COc1ccc(C2(C(=O)Nc3cccc(-c4ccc(S(=O)(=O)N5CCC[C@@H]5CO)cc4)n3)CC2)cc1OC.CS(=O)(=O)NCc1ccc(-c2cccc(CC(=O)C3(c4ccc5c(c4)OCO5)CC3)n2)cc1.O=C(Cc1cccc(-c2ccc(S(=O)(=O)N3CCC(O)C3)cc2)n1)C1(c2ccc3c(c2)OCO3)CC1.O=C(Nc1ccc(-c2ccccc2)cn1)C1(c2ccccc2)CC1.[HH].[HH].[HH].[HH].[HH].[HH]. The lowest BCUT2D eigenvalue weighted by atomic mass is 9.88. The maximum Gasteiger partial charge on any atom is 0.243 e. The molecule has 20 rings (SSSR count). The molecule has 1 unspecified atom stereocenters. The quantitative estimate of drug-likeness (QED) is 0.0304. The first-order valence-corrected chi connectivity index (χ1v) is 48.3. The van der Waals surface area contributed by atoms with Gasteiger partial charge in [-0.05, 0) is 213 Å². The summed E-state index contributed by atoms with van der Waals surface area (Å²) in [5.41, 5.74) is 10.8. The first-order valence-electron chi connectivity index (χ1n) is 43.5. The van der Waals surface area contributed by atoms with Crippen molar-refractivity contribution in [2.75, 3.05) is 70.9 Å². The summed E-state index contributed by atoms with van der Waals surface area (Å²) in [5, 5.41) is 25.2. The zero-order valence-electron chi connectivity index (χ0n) is 72.5. The predicted molar refractivity (Wildman–Crippen MR) is 506 cm³/mol. The first kappa shape index (κ1) is 90.0. The Morgan fingerprint density at radius 2 is 0.931 bits per heavy atom. The van der Waals surface area contributed by atoms with Gasteiger partial charge >= 0.3 is 0 Å². The molecule has 131 heavy (non-hydrogen) atoms. The van der Waals surface area contributed by atoms with Crippen LogP contribution in [0.15, 0.2) is 271 Å². The number of ketones is 2. The fourth-order valence-electron chi connectivity index (χ4n) is 17.2. The summed E-state index contributed by atoms with van der Waals surface area (Å²) in [5.74, 6) is 5.17. The number of carbonyl (C=O) groups excluding carboxylic acids is 4. The fraction of sp³-hybridized carbons (Fsp3) is 0.287. The second kappa shape index (κ2) is 37.9. The van der Waals surface area contributed by atoms with E-state index in [-0.39, 0.29) is 99.3 Å². The number of hydrogen-bond acceptors (Lipinski definition) is 22. The predicted octanol–water partition coefficient (Wildman–Crippen LogP) is 15.9. The van der Waals surface area contributed by atoms with Gasteiger partial charge in [0, 0.05) is 93.5 Å². The van der Waals surface area contributed by atoms with Gasteiger partial charge in [0.1, 0.15) is 23.2 Å². The van der Waals surface area contributed by atoms with Crippen LogP contribution < -0.4 is 43.8 Å². The molecule has 4 aromatic heterocycles. The summed E-state index contributed by atoms with van der Waals surface area (Å²) in [6.45, 7) is 1.31. The first-order chi connectivity index (χ1) is 63.3. The Kier molecular flexibility index (Phi) is 26.0. The van der Waals surface area contributed by atoms with Gasteiger partial charge in [-0.1, -0.05) is 146 Å². The Balaban J connectivity index is 0.000000175. The number of aromatic nitrogens is 4. The van der Waals surface area contributed by atoms with Crippen LogP contribution in [0.1, 0.15) is 118 Å². The summed E-state index contributed by atoms with van der Waals surface area (Å²) < 4.78 is 112. The molecule has 2 saturated heterocycles. The molecule has 4 aliphatic carbocycles. The van der Waals surface area contributed by atoms with Gasteiger partial charge in [-0.2, -0.15) is 8.61 Å². The number of nitrogens with zero attached hydrogens (tertiary/aromatic N) is 6. The molecule has 2 atom stereocenters. The molecule has 30 heteroatoms. The third-order valence-corrected chi connectivity index (χ3v) is 30.0. The van der Waals surface area contributed by atoms with Crippen molar-refractivity contribution in [2.24, 2.45) is 0 Å². The van der Waals surface area contributed by atoms with Crippen molar-refractivity contribution in [2.45, 2.75) is 134 Å². The van der Waals surface area contributed by atoms with Crippen molar-refractivity contribution in [3.05, 3.63) is 300 Å². The van der Waals surface area contributed by atoms with E-state index in [1.165, 1.54) is 8.61 Å². The molecule has 27 nitrogen and oxygen atoms in total. The number of ether oxygens (including phenoxy) is 6. The van der Waals surface area contributed by atoms with Gasteiger partial charge in [0.05, 0.1) is 81.7 Å². The minimum Gasteiger partial charge on any atom is -0.493 e. The minimum atomic E-state index is -3.69. The number of fused-ring (bicyclic) bond motifs is 2. The molecule has 4 aliphatic heterocycles. The Morgan fingerprint density at radius 1 is 0.458 bits per heavy atom. The summed E-state index contributed by atoms with van der Waals surface area (Å²) in [7, 11) is -7.43. The topological polar surface area (TPSA) is 361 Å². The average molecular weight is 1840 g/mol. The van der Waals surface area contributed by atoms with Crippen LogP contribution in [-0.4, -0.2) is 160 Å². The van der Waals surface area contributed by atoms with E-state index in [0.717, 1.165) is 137 Å². The molecule has 0 spiro atoms. The van der Waals surface area contributed by atoms with E-state index >= 15 is 0 Å². The van der Waals surface area contributed by atoms with Gasteiger partial charge < -0.3 is 49.3 Å². The summed E-state index contributed by atoms with van der Waals surface area (Å²) in [6.07, 6.45) is 11.1. The van der Waals surface area contributed by atoms with Crippen molar-refractivity contribution in [3.63, 3.8) is 0 Å². The van der Waals surface area contributed by atoms with Crippen molar-refractivity contribution in [1.82, 2.24) is 33.3 Å². The fourth-order valence-corrected chi connectivity index (χ4v) is 20.8. The number of pyridine rings is 4. The minimum absolute atomic E-state index is 0. The van der Waals surface area contributed by atoms with Crippen LogP contribution in [0.25, 0.3) is 44.9 Å². The number of sulfonamides is 3. The highest BCUT2D eigenvalue weighted by Crippen LogP contribution is 2.55. The van der Waals surface area contributed by atoms with Crippen LogP contribution in [0, 0.1) is 0 Å². The number of carbonyl (C=O) groups is 4. The molecular formula is C101H111N9O18S3. The van der Waals surface area contributed by atoms with Crippen molar-refractivity contribution >= 4 is 65.1 Å². The van der Waals surface area contributed by atoms with Gasteiger partial charge in [-0.25, -0.2) is 39.9 Å². The Bertz CT molecular complexity index is 6640. The van der Waals surface area contributed by atoms with E-state index in [4.69, 9.17) is 38.4 Å². The standard InChI is InChI=1S/C28H31N3O6S.C27H26N2O6S.C25H24N2O5S.C21H18N2O.6H2/c1-36-24-13-10-20(17-25(24)37-2)28(14-15-28)27(33)30-26-7-3-6-23(29-26)19-8-11-22(12-9-19)38(34,35)31-16-4-5-21(31)18-32;30-21-10-13-29(16-21)36(32,33)22-7-4-18(5-8-22)23-3-1-2-20(28-23)15-26(31)27(11-12-27)19-6-9-24-25(14-19)35-17-34-24;1-33(29,30)26-15-17-5-7-18(8-6-17)21-4-2-3-20(27-21)14-24(28)25(11-12-25)19-9-10-22-23(13-19)32-16-31-22;24-20(21(13-14-21)18-9-5-2-6-10-18)23-19-12-11-17(15-22-19)16-7-3-1-4-8-16;;;;;;/h3,6-13,17,21,32H,4-5,14-16,18H2,1-2H3,(H,29,30,33);1-9,14,21,30H,10-13,15-17H2;2-10,13,26H,11-12,14-16H2,1H3;1-12,15H,13-14H2,(H,22,23,24);6*1H/t21-;;;;;;;;;/m1........./s1. The number of hydrogen-bond donors (Lipinski definition) is 5. The number of aliphatic hydroxyl groups excluding tert-OH is 2. The molecule has 8 heterocycles. The van der Waals surface area contributed by atoms with Crippen LogP contribution in [0.4, 0.5) is 11.6 Å². The second-order valence-electron chi connectivity index (χ2n) is 34.0. The molecule has 0 radical (unpaired) electrons. The van der Waals surface area contributed by atoms with Crippen LogP contribution >= 0.6 is 0 Å². The molecule has 0 bridgehead atoms. The molecule has 8 aromatic carbocycles. The highest BCUT2D eigenvalue weighted by molar-refractivity contribution is 7.89. The molecule has 12 aromatic rings. The second-order valence-corrected chi connectivity index (χ2v) is 39.6. The van der Waals surface area contributed by atoms with E-state index < -0.39 is 52.4 Å². The number of benzene rings is 8. The smallest absolute Gasteiger partial charge is 0.243 e. The maximum absolute atomic E-state index is 13.3. The Labute approximate surface area is 769 Å². The van der Waals surface area contributed by atoms with E-state index in [2.05, 4.69) is 25.3 Å². The molecule has 5 N–H and O–H groups in total. The molecule has 4 saturated carbocycles. The summed E-state index contributed by atoms with van der Waals surface area (Å²) >= 11 is 0. The largest absolute Gasteiger partial charge is 0.493 e. The van der Waals surface area contributed by atoms with E-state index in [1.807, 2.05) is 188 Å². The molecule has 8 aliphatic rings. The Morgan fingerprint density at radius 3 is 1.43 bits per heavy atom. The van der Waals surface area contributed by atoms with E-state index in [0.29, 0.717) is 83.4 Å². The van der Waals surface area contributed by atoms with Gasteiger partial charge in [-0.3, -0.25) is 29.1 Å². The van der Waals surface area contributed by atoms with Crippen molar-refractivity contribution in [1.29, 1.82) is 0 Å². The third kappa shape index (κ3) is 19.9. The third-order valence-electron chi connectivity index (χ3n) is 25.4. The van der Waals surface area contributed by atoms with Gasteiger partial charge in [0.15, 0.2) is 34.5 Å². The van der Waals surface area contributed by atoms with Gasteiger partial charge in [0.2, 0.25) is 55.5 Å². The molecule has 686 valence electrons. The number of methoxy groups -OCH3 is 2. The maximum atomic E-state index is 13.3. The molecule has 6 fully saturated rings. The lowest BCUT2D eigenvalue weighted by Crippen LogP contribution is -2.37. The van der Waals surface area contributed by atoms with Crippen LogP contribution in [0.3, 0.4) is 0 Å². The number of anilines is 2. The highest BCUT2D eigenvalue weighted by atomic mass is 32.2. The van der Waals surface area contributed by atoms with Crippen LogP contribution in [0.5, 0.6) is 34.5 Å². The lowest BCUT2D eigenvalue weighted by Gasteiger charge is -2.22. The zero-order valence-corrected chi connectivity index (χ0v) is 74.9. The van der Waals surface area contributed by atoms with Gasteiger partial charge in [0.25, 0.3) is 0 Å². The van der Waals surface area contributed by atoms with Crippen molar-refractivity contribution in [3.8, 4) is 79.4 Å². The van der Waals surface area contributed by atoms with E-state index in [1.54, 1.807) is 87.1 Å². The number of amides is 2. The molecule has 2 amide bonds. The highest BCUT2D eigenvalue weighted by Gasteiger charge is 2.55. The zero-order chi connectivity index (χ0) is 91.3.